The first-order valence-electron chi connectivity index (χ1n) is 3.79. The average molecular weight is 160 g/mol. The fourth-order valence-corrected chi connectivity index (χ4v) is 0.963. The predicted octanol–water partition coefficient (Wildman–Crippen LogP) is 2.38. The fourth-order valence-electron chi connectivity index (χ4n) is 0.963. The molecule has 0 aliphatic carbocycles. The monoisotopic (exact) mass is 160 g/mol. The molecule has 1 aromatic heterocycles. The first kappa shape index (κ1) is 8.65. The summed E-state index contributed by atoms with van der Waals surface area (Å²) in [7, 11) is 0. The Morgan fingerprint density at radius 3 is 2.25 bits per heavy atom. The molecule has 2 heteroatoms. The van der Waals surface area contributed by atoms with Crippen LogP contribution in [0, 0.1) is 13.8 Å². The van der Waals surface area contributed by atoms with Gasteiger partial charge in [-0.2, -0.15) is 0 Å². The number of nitrogens with zero attached hydrogens (tertiary/aromatic N) is 2. The van der Waals surface area contributed by atoms with Gasteiger partial charge in [0, 0.05) is 5.69 Å². The van der Waals surface area contributed by atoms with Crippen molar-refractivity contribution in [2.45, 2.75) is 13.8 Å². The second-order valence-corrected chi connectivity index (χ2v) is 2.59. The van der Waals surface area contributed by atoms with Gasteiger partial charge in [-0.1, -0.05) is 13.2 Å². The summed E-state index contributed by atoms with van der Waals surface area (Å²) in [4.78, 5) is 8.45. The third-order valence-electron chi connectivity index (χ3n) is 1.82. The predicted molar refractivity (Wildman–Crippen MR) is 51.7 cm³/mol. The molecule has 1 rings (SSSR count). The van der Waals surface area contributed by atoms with Gasteiger partial charge in [-0.15, -0.1) is 0 Å². The first-order chi connectivity index (χ1) is 5.69. The van der Waals surface area contributed by atoms with E-state index in [0.29, 0.717) is 5.82 Å². The van der Waals surface area contributed by atoms with E-state index in [4.69, 9.17) is 0 Å². The lowest BCUT2D eigenvalue weighted by atomic mass is 10.2. The topological polar surface area (TPSA) is 25.8 Å². The molecular weight excluding hydrogens is 148 g/mol. The highest BCUT2D eigenvalue weighted by Gasteiger charge is 2.01. The van der Waals surface area contributed by atoms with Crippen molar-refractivity contribution < 1.29 is 0 Å². The summed E-state index contributed by atoms with van der Waals surface area (Å²) in [5.41, 5.74) is 2.95. The van der Waals surface area contributed by atoms with Gasteiger partial charge < -0.3 is 0 Å². The molecule has 0 unspecified atom stereocenters. The Morgan fingerprint density at radius 1 is 1.08 bits per heavy atom. The Bertz CT molecular complexity index is 327. The quantitative estimate of drug-likeness (QED) is 0.663. The summed E-state index contributed by atoms with van der Waals surface area (Å²) in [6.07, 6.45) is 3.37. The third-order valence-corrected chi connectivity index (χ3v) is 1.82. The molecule has 0 aliphatic rings. The van der Waals surface area contributed by atoms with Crippen molar-refractivity contribution in [3.63, 3.8) is 0 Å². The van der Waals surface area contributed by atoms with Crippen LogP contribution in [0.3, 0.4) is 0 Å². The van der Waals surface area contributed by atoms with Crippen molar-refractivity contribution in [1.29, 1.82) is 0 Å². The minimum absolute atomic E-state index is 0.660. The summed E-state index contributed by atoms with van der Waals surface area (Å²) in [6, 6.07) is 0. The number of rotatable bonds is 2. The lowest BCUT2D eigenvalue weighted by Gasteiger charge is -2.03. The fraction of sp³-hybridized carbons (Fsp3) is 0.200. The molecule has 0 fully saturated rings. The molecule has 0 aliphatic heterocycles. The Labute approximate surface area is 72.7 Å². The van der Waals surface area contributed by atoms with E-state index in [2.05, 4.69) is 23.1 Å². The Kier molecular flexibility index (Phi) is 2.38. The minimum Gasteiger partial charge on any atom is -0.234 e. The van der Waals surface area contributed by atoms with Gasteiger partial charge in [-0.3, -0.25) is 0 Å². The first-order valence-corrected chi connectivity index (χ1v) is 3.79. The SMILES string of the molecule is C=Cc1nc(C)c(C)c(C=C)n1. The van der Waals surface area contributed by atoms with Crippen molar-refractivity contribution in [3.05, 3.63) is 35.9 Å². The van der Waals surface area contributed by atoms with Crippen molar-refractivity contribution in [2.75, 3.05) is 0 Å². The van der Waals surface area contributed by atoms with Crippen LogP contribution in [0.5, 0.6) is 0 Å². The molecule has 0 aromatic carbocycles. The Hall–Kier alpha value is -1.44. The molecule has 2 nitrogen and oxygen atoms in total. The van der Waals surface area contributed by atoms with Gasteiger partial charge in [-0.25, -0.2) is 9.97 Å². The van der Waals surface area contributed by atoms with E-state index in [9.17, 15) is 0 Å². The maximum atomic E-state index is 4.22. The average Bonchev–Trinajstić information content (AvgIpc) is 2.09. The van der Waals surface area contributed by atoms with E-state index in [1.807, 2.05) is 13.8 Å². The van der Waals surface area contributed by atoms with Crippen LogP contribution in [-0.2, 0) is 0 Å². The molecule has 1 aromatic rings. The molecule has 12 heavy (non-hydrogen) atoms. The zero-order valence-electron chi connectivity index (χ0n) is 7.46. The van der Waals surface area contributed by atoms with Crippen LogP contribution in [0.25, 0.3) is 12.2 Å². The summed E-state index contributed by atoms with van der Waals surface area (Å²) in [5, 5.41) is 0. The van der Waals surface area contributed by atoms with Crippen LogP contribution < -0.4 is 0 Å². The van der Waals surface area contributed by atoms with E-state index < -0.39 is 0 Å². The minimum atomic E-state index is 0.660. The summed E-state index contributed by atoms with van der Waals surface area (Å²) in [5.74, 6) is 0.660. The molecule has 0 saturated carbocycles. The number of aromatic nitrogens is 2. The van der Waals surface area contributed by atoms with Crippen LogP contribution in [0.15, 0.2) is 13.2 Å². The van der Waals surface area contributed by atoms with Crippen LogP contribution in [0.1, 0.15) is 22.8 Å². The molecule has 0 atom stereocenters. The van der Waals surface area contributed by atoms with Gasteiger partial charge in [0.25, 0.3) is 0 Å². The van der Waals surface area contributed by atoms with E-state index >= 15 is 0 Å². The normalized spacial score (nSPS) is 9.50. The molecule has 0 bridgehead atoms. The van der Waals surface area contributed by atoms with Gasteiger partial charge in [-0.05, 0) is 31.6 Å². The van der Waals surface area contributed by atoms with E-state index in [0.717, 1.165) is 17.0 Å². The zero-order chi connectivity index (χ0) is 9.14. The lowest BCUT2D eigenvalue weighted by Crippen LogP contribution is -1.98. The van der Waals surface area contributed by atoms with Crippen molar-refractivity contribution in [2.24, 2.45) is 0 Å². The van der Waals surface area contributed by atoms with Crippen LogP contribution >= 0.6 is 0 Å². The molecular formula is C10H12N2. The van der Waals surface area contributed by atoms with E-state index in [-0.39, 0.29) is 0 Å². The Morgan fingerprint density at radius 2 is 1.75 bits per heavy atom. The largest absolute Gasteiger partial charge is 0.234 e. The zero-order valence-corrected chi connectivity index (χ0v) is 7.46. The number of aryl methyl sites for hydroxylation is 1. The third kappa shape index (κ3) is 1.42. The highest BCUT2D eigenvalue weighted by Crippen LogP contribution is 2.10. The van der Waals surface area contributed by atoms with Gasteiger partial charge in [0.2, 0.25) is 0 Å². The second kappa shape index (κ2) is 3.30. The molecule has 0 radical (unpaired) electrons. The number of hydrogen-bond acceptors (Lipinski definition) is 2. The molecule has 0 amide bonds. The van der Waals surface area contributed by atoms with Crippen molar-refractivity contribution >= 4 is 12.2 Å². The molecule has 0 N–H and O–H groups in total. The van der Waals surface area contributed by atoms with Gasteiger partial charge in [0.05, 0.1) is 5.69 Å². The summed E-state index contributed by atoms with van der Waals surface area (Å²) >= 11 is 0. The van der Waals surface area contributed by atoms with Crippen molar-refractivity contribution in [3.8, 4) is 0 Å². The second-order valence-electron chi connectivity index (χ2n) is 2.59. The summed E-state index contributed by atoms with van der Waals surface area (Å²) in [6.45, 7) is 11.2. The van der Waals surface area contributed by atoms with E-state index in [1.54, 1.807) is 12.2 Å². The van der Waals surface area contributed by atoms with Crippen molar-refractivity contribution in [1.82, 2.24) is 9.97 Å². The van der Waals surface area contributed by atoms with Crippen LogP contribution in [-0.4, -0.2) is 9.97 Å². The maximum Gasteiger partial charge on any atom is 0.152 e. The molecule has 62 valence electrons. The standard InChI is InChI=1S/C10H12N2/c1-5-9-7(3)8(4)11-10(6-2)12-9/h5-6H,1-2H2,3-4H3. The van der Waals surface area contributed by atoms with Gasteiger partial charge >= 0.3 is 0 Å². The van der Waals surface area contributed by atoms with Gasteiger partial charge in [0.15, 0.2) is 5.82 Å². The van der Waals surface area contributed by atoms with Crippen LogP contribution in [0.4, 0.5) is 0 Å². The van der Waals surface area contributed by atoms with Crippen LogP contribution in [0.2, 0.25) is 0 Å². The molecule has 0 spiro atoms. The maximum absolute atomic E-state index is 4.22. The number of hydrogen-bond donors (Lipinski definition) is 0. The van der Waals surface area contributed by atoms with E-state index in [1.165, 1.54) is 0 Å². The molecule has 0 saturated heterocycles. The van der Waals surface area contributed by atoms with Gasteiger partial charge in [0.1, 0.15) is 0 Å². The lowest BCUT2D eigenvalue weighted by molar-refractivity contribution is 1.03. The summed E-state index contributed by atoms with van der Waals surface area (Å²) < 4.78 is 0. The Balaban J connectivity index is 3.37. The highest BCUT2D eigenvalue weighted by atomic mass is 14.9. The molecule has 1 heterocycles. The smallest absolute Gasteiger partial charge is 0.152 e. The highest BCUT2D eigenvalue weighted by molar-refractivity contribution is 5.50.